The van der Waals surface area contributed by atoms with Crippen molar-refractivity contribution in [2.75, 3.05) is 0 Å². The van der Waals surface area contributed by atoms with E-state index in [1.165, 1.54) is 12.1 Å². The smallest absolute Gasteiger partial charge is 0.294 e. The van der Waals surface area contributed by atoms with E-state index in [-0.39, 0.29) is 10.6 Å². The van der Waals surface area contributed by atoms with Crippen LogP contribution in [0.25, 0.3) is 32.9 Å². The van der Waals surface area contributed by atoms with Gasteiger partial charge in [-0.25, -0.2) is 4.98 Å². The second-order valence-electron chi connectivity index (χ2n) is 5.70. The third-order valence-corrected chi connectivity index (χ3v) is 4.99. The summed E-state index contributed by atoms with van der Waals surface area (Å²) in [7, 11) is -4.27. The number of phenols is 1. The van der Waals surface area contributed by atoms with Crippen molar-refractivity contribution < 1.29 is 18.1 Å². The molecule has 5 nitrogen and oxygen atoms in total. The molecule has 3 aromatic carbocycles. The van der Waals surface area contributed by atoms with E-state index in [2.05, 4.69) is 4.98 Å². The Morgan fingerprint density at radius 3 is 2.36 bits per heavy atom. The van der Waals surface area contributed by atoms with E-state index in [1.54, 1.807) is 30.3 Å². The van der Waals surface area contributed by atoms with Crippen LogP contribution in [0, 0.1) is 0 Å². The van der Waals surface area contributed by atoms with Crippen molar-refractivity contribution in [1.29, 1.82) is 0 Å². The molecule has 0 aliphatic heterocycles. The maximum atomic E-state index is 11.4. The highest BCUT2D eigenvalue weighted by Gasteiger charge is 2.12. The van der Waals surface area contributed by atoms with E-state index >= 15 is 0 Å². The highest BCUT2D eigenvalue weighted by molar-refractivity contribution is 7.85. The van der Waals surface area contributed by atoms with Gasteiger partial charge in [0.15, 0.2) is 0 Å². The molecule has 0 fully saturated rings. The van der Waals surface area contributed by atoms with E-state index in [1.807, 2.05) is 24.3 Å². The molecule has 1 aromatic heterocycles. The molecule has 0 saturated heterocycles. The van der Waals surface area contributed by atoms with Gasteiger partial charge in [0.25, 0.3) is 10.1 Å². The molecule has 0 atom stereocenters. The minimum absolute atomic E-state index is 0.142. The van der Waals surface area contributed by atoms with Crippen LogP contribution in [-0.4, -0.2) is 23.1 Å². The van der Waals surface area contributed by atoms with Gasteiger partial charge in [-0.3, -0.25) is 4.55 Å². The van der Waals surface area contributed by atoms with Gasteiger partial charge < -0.3 is 5.11 Å². The quantitative estimate of drug-likeness (QED) is 0.421. The molecular formula is C19H13NO4S. The summed E-state index contributed by atoms with van der Waals surface area (Å²) in [6.45, 7) is 0. The molecule has 6 heteroatoms. The Hall–Kier alpha value is -2.96. The monoisotopic (exact) mass is 351 g/mol. The highest BCUT2D eigenvalue weighted by atomic mass is 32.2. The van der Waals surface area contributed by atoms with Crippen LogP contribution in [0.3, 0.4) is 0 Å². The summed E-state index contributed by atoms with van der Waals surface area (Å²) in [5.74, 6) is 0.142. The molecule has 124 valence electrons. The molecule has 0 aliphatic rings. The maximum absolute atomic E-state index is 11.4. The first-order valence-corrected chi connectivity index (χ1v) is 8.97. The minimum Gasteiger partial charge on any atom is -0.507 e. The summed E-state index contributed by atoms with van der Waals surface area (Å²) in [6, 6.07) is 18.7. The Balaban J connectivity index is 1.98. The van der Waals surface area contributed by atoms with Gasteiger partial charge in [-0.15, -0.1) is 0 Å². The number of phenolic OH excluding ortho intramolecular Hbond substituents is 1. The number of nitrogens with zero attached hydrogens (tertiary/aromatic N) is 1. The average molecular weight is 351 g/mol. The standard InChI is InChI=1S/C19H13NO4S/c21-19-4-2-1-3-15(19)18-10-8-14-16-11-13(25(22,23)24)7-5-12(16)6-9-17(14)20-18/h1-11,21H,(H,22,23,24). The zero-order chi connectivity index (χ0) is 17.6. The van der Waals surface area contributed by atoms with E-state index in [0.717, 1.165) is 10.8 Å². The van der Waals surface area contributed by atoms with Crippen LogP contribution in [0.1, 0.15) is 0 Å². The Bertz CT molecular complexity index is 1230. The van der Waals surface area contributed by atoms with Crippen LogP contribution in [0.2, 0.25) is 0 Å². The summed E-state index contributed by atoms with van der Waals surface area (Å²) in [6.07, 6.45) is 0. The number of hydrogen-bond acceptors (Lipinski definition) is 4. The first-order valence-electron chi connectivity index (χ1n) is 7.53. The Morgan fingerprint density at radius 1 is 0.840 bits per heavy atom. The minimum atomic E-state index is -4.27. The molecule has 4 rings (SSSR count). The number of fused-ring (bicyclic) bond motifs is 3. The molecule has 25 heavy (non-hydrogen) atoms. The van der Waals surface area contributed by atoms with Gasteiger partial charge in [0.05, 0.1) is 16.1 Å². The van der Waals surface area contributed by atoms with E-state index < -0.39 is 10.1 Å². The molecule has 4 aromatic rings. The third kappa shape index (κ3) is 2.71. The lowest BCUT2D eigenvalue weighted by Crippen LogP contribution is -1.97. The van der Waals surface area contributed by atoms with Gasteiger partial charge in [0.1, 0.15) is 5.75 Å². The fraction of sp³-hybridized carbons (Fsp3) is 0. The summed E-state index contributed by atoms with van der Waals surface area (Å²) in [4.78, 5) is 4.42. The number of para-hydroxylation sites is 1. The normalized spacial score (nSPS) is 11.9. The van der Waals surface area contributed by atoms with E-state index in [4.69, 9.17) is 0 Å². The fourth-order valence-corrected chi connectivity index (χ4v) is 3.42. The van der Waals surface area contributed by atoms with Crippen molar-refractivity contribution in [3.8, 4) is 17.0 Å². The van der Waals surface area contributed by atoms with Crippen LogP contribution in [0.5, 0.6) is 5.75 Å². The lowest BCUT2D eigenvalue weighted by molar-refractivity contribution is 0.477. The Morgan fingerprint density at radius 2 is 1.60 bits per heavy atom. The molecule has 0 aliphatic carbocycles. The zero-order valence-corrected chi connectivity index (χ0v) is 13.7. The fourth-order valence-electron chi connectivity index (χ4n) is 2.91. The lowest BCUT2D eigenvalue weighted by Gasteiger charge is -2.08. The third-order valence-electron chi connectivity index (χ3n) is 4.14. The predicted octanol–water partition coefficient (Wildman–Crippen LogP) is 4.01. The summed E-state index contributed by atoms with van der Waals surface area (Å²) in [5.41, 5.74) is 1.91. The van der Waals surface area contributed by atoms with Crippen molar-refractivity contribution in [2.24, 2.45) is 0 Å². The topological polar surface area (TPSA) is 87.5 Å². The molecule has 0 spiro atoms. The van der Waals surface area contributed by atoms with Crippen molar-refractivity contribution in [1.82, 2.24) is 4.98 Å². The van der Waals surface area contributed by atoms with Gasteiger partial charge in [-0.2, -0.15) is 8.42 Å². The zero-order valence-electron chi connectivity index (χ0n) is 12.9. The average Bonchev–Trinajstić information content (AvgIpc) is 2.60. The predicted molar refractivity (Wildman–Crippen MR) is 96.2 cm³/mol. The largest absolute Gasteiger partial charge is 0.507 e. The van der Waals surface area contributed by atoms with Gasteiger partial charge in [0.2, 0.25) is 0 Å². The van der Waals surface area contributed by atoms with Crippen LogP contribution in [0.4, 0.5) is 0 Å². The molecule has 0 amide bonds. The van der Waals surface area contributed by atoms with E-state index in [0.29, 0.717) is 22.2 Å². The van der Waals surface area contributed by atoms with Crippen molar-refractivity contribution >= 4 is 31.8 Å². The van der Waals surface area contributed by atoms with E-state index in [9.17, 15) is 18.1 Å². The number of pyridine rings is 1. The second-order valence-corrected chi connectivity index (χ2v) is 7.13. The number of benzene rings is 3. The number of hydrogen-bond donors (Lipinski definition) is 2. The molecule has 1 heterocycles. The van der Waals surface area contributed by atoms with Gasteiger partial charge in [0, 0.05) is 10.9 Å². The second kappa shape index (κ2) is 5.54. The number of rotatable bonds is 2. The molecule has 2 N–H and O–H groups in total. The van der Waals surface area contributed by atoms with Gasteiger partial charge in [-0.1, -0.05) is 30.3 Å². The van der Waals surface area contributed by atoms with Crippen LogP contribution < -0.4 is 0 Å². The first kappa shape index (κ1) is 15.6. The van der Waals surface area contributed by atoms with Crippen LogP contribution in [-0.2, 0) is 10.1 Å². The Kier molecular flexibility index (Phi) is 3.45. The number of aromatic hydroxyl groups is 1. The highest BCUT2D eigenvalue weighted by Crippen LogP contribution is 2.31. The van der Waals surface area contributed by atoms with Crippen molar-refractivity contribution in [3.63, 3.8) is 0 Å². The molecule has 0 bridgehead atoms. The summed E-state index contributed by atoms with van der Waals surface area (Å²) in [5, 5.41) is 12.3. The molecule has 0 unspecified atom stereocenters. The molecule has 0 radical (unpaired) electrons. The Labute approximate surface area is 143 Å². The van der Waals surface area contributed by atoms with Gasteiger partial charge in [-0.05, 0) is 47.2 Å². The van der Waals surface area contributed by atoms with Crippen LogP contribution >= 0.6 is 0 Å². The molecule has 0 saturated carbocycles. The lowest BCUT2D eigenvalue weighted by atomic mass is 10.0. The van der Waals surface area contributed by atoms with Crippen LogP contribution in [0.15, 0.2) is 71.6 Å². The maximum Gasteiger partial charge on any atom is 0.294 e. The number of aromatic nitrogens is 1. The molecular weight excluding hydrogens is 338 g/mol. The summed E-state index contributed by atoms with van der Waals surface area (Å²) >= 11 is 0. The summed E-state index contributed by atoms with van der Waals surface area (Å²) < 4.78 is 32.1. The van der Waals surface area contributed by atoms with Crippen molar-refractivity contribution in [3.05, 3.63) is 66.7 Å². The van der Waals surface area contributed by atoms with Crippen molar-refractivity contribution in [2.45, 2.75) is 4.90 Å². The first-order chi connectivity index (χ1) is 11.9. The van der Waals surface area contributed by atoms with Gasteiger partial charge >= 0.3 is 0 Å². The SMILES string of the molecule is O=S(=O)(O)c1ccc2ccc3nc(-c4ccccc4O)ccc3c2c1.